The number of carbonyl (C=O) groups excluding carboxylic acids is 2. The maximum Gasteiger partial charge on any atom is 0.240 e. The zero-order valence-corrected chi connectivity index (χ0v) is 10.6. The second kappa shape index (κ2) is 4.53. The molecule has 2 heterocycles. The lowest BCUT2D eigenvalue weighted by molar-refractivity contribution is -0.139. The van der Waals surface area contributed by atoms with Crippen molar-refractivity contribution in [1.82, 2.24) is 10.2 Å². The van der Waals surface area contributed by atoms with E-state index in [0.29, 0.717) is 18.4 Å². The molecule has 4 atom stereocenters. The van der Waals surface area contributed by atoms with Gasteiger partial charge in [0.1, 0.15) is 6.04 Å². The predicted molar refractivity (Wildman–Crippen MR) is 66.6 cm³/mol. The van der Waals surface area contributed by atoms with Crippen LogP contribution in [0.1, 0.15) is 32.1 Å². The number of amides is 2. The minimum Gasteiger partial charge on any atom is -0.368 e. The first kappa shape index (κ1) is 12.0. The normalized spacial score (nSPS) is 39.0. The van der Waals surface area contributed by atoms with Crippen LogP contribution in [0, 0.1) is 11.8 Å². The van der Waals surface area contributed by atoms with Gasteiger partial charge in [0.2, 0.25) is 11.8 Å². The molecule has 5 nitrogen and oxygen atoms in total. The lowest BCUT2D eigenvalue weighted by Gasteiger charge is -2.27. The summed E-state index contributed by atoms with van der Waals surface area (Å²) in [7, 11) is 0. The summed E-state index contributed by atoms with van der Waals surface area (Å²) in [4.78, 5) is 25.6. The van der Waals surface area contributed by atoms with Crippen LogP contribution in [0.15, 0.2) is 0 Å². The van der Waals surface area contributed by atoms with Gasteiger partial charge in [0, 0.05) is 6.54 Å². The van der Waals surface area contributed by atoms with Gasteiger partial charge in [0.25, 0.3) is 0 Å². The first-order chi connectivity index (χ1) is 8.68. The number of hydrogen-bond acceptors (Lipinski definition) is 3. The first-order valence-corrected chi connectivity index (χ1v) is 7.01. The molecule has 0 aromatic rings. The smallest absolute Gasteiger partial charge is 0.240 e. The van der Waals surface area contributed by atoms with Crippen molar-refractivity contribution in [1.29, 1.82) is 0 Å². The fourth-order valence-corrected chi connectivity index (χ4v) is 3.96. The molecular weight excluding hydrogens is 230 g/mol. The van der Waals surface area contributed by atoms with Crippen molar-refractivity contribution in [3.63, 3.8) is 0 Å². The molecule has 3 fully saturated rings. The van der Waals surface area contributed by atoms with Crippen molar-refractivity contribution in [3.05, 3.63) is 0 Å². The Balaban J connectivity index is 1.72. The van der Waals surface area contributed by atoms with Crippen LogP contribution in [0.2, 0.25) is 0 Å². The van der Waals surface area contributed by atoms with E-state index < -0.39 is 0 Å². The maximum absolute atomic E-state index is 12.6. The Bertz CT molecular complexity index is 371. The number of nitrogens with two attached hydrogens (primary N) is 1. The molecule has 1 saturated carbocycles. The molecule has 3 aliphatic rings. The number of carbonyl (C=O) groups is 2. The van der Waals surface area contributed by atoms with Crippen molar-refractivity contribution in [2.75, 3.05) is 13.1 Å². The topological polar surface area (TPSA) is 75.4 Å². The maximum atomic E-state index is 12.6. The number of nitrogens with zero attached hydrogens (tertiary/aromatic N) is 1. The van der Waals surface area contributed by atoms with E-state index in [1.165, 1.54) is 12.8 Å². The van der Waals surface area contributed by atoms with Crippen molar-refractivity contribution in [2.45, 2.75) is 44.2 Å². The Morgan fingerprint density at radius 1 is 1.17 bits per heavy atom. The van der Waals surface area contributed by atoms with Gasteiger partial charge < -0.3 is 16.0 Å². The van der Waals surface area contributed by atoms with E-state index in [0.717, 1.165) is 25.8 Å². The summed E-state index contributed by atoms with van der Waals surface area (Å²) < 4.78 is 0. The van der Waals surface area contributed by atoms with Gasteiger partial charge in [-0.1, -0.05) is 6.42 Å². The van der Waals surface area contributed by atoms with Crippen LogP contribution in [0.25, 0.3) is 0 Å². The number of rotatable bonds is 2. The lowest BCUT2D eigenvalue weighted by atomic mass is 9.93. The Morgan fingerprint density at radius 3 is 2.78 bits per heavy atom. The van der Waals surface area contributed by atoms with E-state index in [-0.39, 0.29) is 23.9 Å². The second-order valence-electron chi connectivity index (χ2n) is 5.83. The minimum atomic E-state index is -0.375. The second-order valence-corrected chi connectivity index (χ2v) is 5.83. The van der Waals surface area contributed by atoms with Crippen LogP contribution in [0.4, 0.5) is 0 Å². The van der Waals surface area contributed by atoms with Crippen LogP contribution in [-0.2, 0) is 9.59 Å². The number of likely N-dealkylation sites (tertiary alicyclic amines) is 1. The zero-order chi connectivity index (χ0) is 12.7. The third kappa shape index (κ3) is 1.81. The highest BCUT2D eigenvalue weighted by Crippen LogP contribution is 2.38. The number of hydrogen-bond donors (Lipinski definition) is 2. The van der Waals surface area contributed by atoms with Gasteiger partial charge in [-0.15, -0.1) is 0 Å². The summed E-state index contributed by atoms with van der Waals surface area (Å²) in [6.07, 6.45) is 5.23. The average Bonchev–Trinajstić information content (AvgIpc) is 3.03. The van der Waals surface area contributed by atoms with Crippen molar-refractivity contribution >= 4 is 11.8 Å². The zero-order valence-electron chi connectivity index (χ0n) is 10.6. The summed E-state index contributed by atoms with van der Waals surface area (Å²) in [5, 5.41) is 3.35. The van der Waals surface area contributed by atoms with Gasteiger partial charge in [-0.05, 0) is 44.1 Å². The fourth-order valence-electron chi connectivity index (χ4n) is 3.96. The van der Waals surface area contributed by atoms with E-state index in [4.69, 9.17) is 5.73 Å². The molecule has 0 radical (unpaired) electrons. The molecule has 3 rings (SSSR count). The molecule has 3 N–H and O–H groups in total. The molecule has 2 aliphatic heterocycles. The molecular formula is C13H21N3O2. The highest BCUT2D eigenvalue weighted by molar-refractivity contribution is 5.90. The molecule has 18 heavy (non-hydrogen) atoms. The molecule has 0 bridgehead atoms. The Labute approximate surface area is 107 Å². The van der Waals surface area contributed by atoms with Crippen molar-refractivity contribution in [2.24, 2.45) is 17.6 Å². The molecule has 100 valence electrons. The highest BCUT2D eigenvalue weighted by atomic mass is 16.2. The predicted octanol–water partition coefficient (Wildman–Crippen LogP) is -0.149. The molecule has 0 aromatic carbocycles. The van der Waals surface area contributed by atoms with Gasteiger partial charge in [0.05, 0.1) is 6.04 Å². The largest absolute Gasteiger partial charge is 0.368 e. The van der Waals surface area contributed by atoms with E-state index in [1.807, 2.05) is 0 Å². The number of fused-ring (bicyclic) bond motifs is 1. The fraction of sp³-hybridized carbons (Fsp3) is 0.846. The third-order valence-corrected chi connectivity index (χ3v) is 4.88. The number of nitrogens with one attached hydrogen (secondary N) is 1. The Hall–Kier alpha value is -1.10. The average molecular weight is 251 g/mol. The van der Waals surface area contributed by atoms with Crippen LogP contribution in [-0.4, -0.2) is 41.9 Å². The van der Waals surface area contributed by atoms with Gasteiger partial charge in [0.15, 0.2) is 0 Å². The molecule has 5 heteroatoms. The number of primary amides is 1. The van der Waals surface area contributed by atoms with E-state index in [1.54, 1.807) is 4.90 Å². The molecule has 4 unspecified atom stereocenters. The quantitative estimate of drug-likeness (QED) is 0.716. The van der Waals surface area contributed by atoms with Crippen LogP contribution in [0.5, 0.6) is 0 Å². The van der Waals surface area contributed by atoms with E-state index in [9.17, 15) is 9.59 Å². The van der Waals surface area contributed by atoms with Crippen molar-refractivity contribution in [3.8, 4) is 0 Å². The minimum absolute atomic E-state index is 0.0718. The van der Waals surface area contributed by atoms with Crippen LogP contribution >= 0.6 is 0 Å². The van der Waals surface area contributed by atoms with E-state index in [2.05, 4.69) is 5.32 Å². The first-order valence-electron chi connectivity index (χ1n) is 7.01. The SMILES string of the molecule is NC(=O)C1CCCN1C(=O)C1NCC2CCCC21. The van der Waals surface area contributed by atoms with Crippen LogP contribution in [0.3, 0.4) is 0 Å². The van der Waals surface area contributed by atoms with E-state index >= 15 is 0 Å². The van der Waals surface area contributed by atoms with Gasteiger partial charge in [-0.3, -0.25) is 9.59 Å². The summed E-state index contributed by atoms with van der Waals surface area (Å²) >= 11 is 0. The Morgan fingerprint density at radius 2 is 2.00 bits per heavy atom. The van der Waals surface area contributed by atoms with Crippen LogP contribution < -0.4 is 11.1 Å². The van der Waals surface area contributed by atoms with Crippen molar-refractivity contribution < 1.29 is 9.59 Å². The molecule has 1 aliphatic carbocycles. The van der Waals surface area contributed by atoms with Gasteiger partial charge in [-0.25, -0.2) is 0 Å². The summed E-state index contributed by atoms with van der Waals surface area (Å²) in [6, 6.07) is -0.447. The monoisotopic (exact) mass is 251 g/mol. The standard InChI is InChI=1S/C13H21N3O2/c14-12(17)10-5-2-6-16(10)13(18)11-9-4-1-3-8(9)7-15-11/h8-11,15H,1-7H2,(H2,14,17). The summed E-state index contributed by atoms with van der Waals surface area (Å²) in [5.41, 5.74) is 5.38. The molecule has 2 amide bonds. The Kier molecular flexibility index (Phi) is 3.01. The van der Waals surface area contributed by atoms with Gasteiger partial charge in [-0.2, -0.15) is 0 Å². The van der Waals surface area contributed by atoms with Gasteiger partial charge >= 0.3 is 0 Å². The summed E-state index contributed by atoms with van der Waals surface area (Å²) in [5.74, 6) is 0.882. The molecule has 0 aromatic heterocycles. The molecule has 0 spiro atoms. The molecule has 2 saturated heterocycles. The third-order valence-electron chi connectivity index (χ3n) is 4.88. The summed E-state index contributed by atoms with van der Waals surface area (Å²) in [6.45, 7) is 1.64. The highest BCUT2D eigenvalue weighted by Gasteiger charge is 2.46. The lowest BCUT2D eigenvalue weighted by Crippen LogP contribution is -2.51.